The van der Waals surface area contributed by atoms with Crippen LogP contribution in [0.15, 0.2) is 18.2 Å². The van der Waals surface area contributed by atoms with Gasteiger partial charge < -0.3 is 4.57 Å². The Morgan fingerprint density at radius 1 is 1.14 bits per heavy atom. The zero-order valence-electron chi connectivity index (χ0n) is 13.1. The van der Waals surface area contributed by atoms with Crippen LogP contribution in [0.5, 0.6) is 0 Å². The summed E-state index contributed by atoms with van der Waals surface area (Å²) in [5, 5.41) is 8.71. The van der Waals surface area contributed by atoms with E-state index in [1.54, 1.807) is 0 Å². The molecule has 3 rings (SSSR count). The summed E-state index contributed by atoms with van der Waals surface area (Å²) in [5.41, 5.74) is 2.23. The summed E-state index contributed by atoms with van der Waals surface area (Å²) in [7, 11) is 0. The second kappa shape index (κ2) is 5.93. The lowest BCUT2D eigenvalue weighted by atomic mass is 10.2. The first-order valence-corrected chi connectivity index (χ1v) is 7.70. The summed E-state index contributed by atoms with van der Waals surface area (Å²) in [6.07, 6.45) is 0.964. The van der Waals surface area contributed by atoms with E-state index in [1.807, 2.05) is 13.0 Å². The van der Waals surface area contributed by atoms with Crippen LogP contribution in [0.2, 0.25) is 0 Å². The highest BCUT2D eigenvalue weighted by Gasteiger charge is 2.20. The maximum atomic E-state index is 4.60. The quantitative estimate of drug-likeness (QED) is 0.867. The molecule has 21 heavy (non-hydrogen) atoms. The summed E-state index contributed by atoms with van der Waals surface area (Å²) in [4.78, 5) is 7.06. The van der Waals surface area contributed by atoms with Gasteiger partial charge in [-0.1, -0.05) is 19.9 Å². The number of hydrogen-bond acceptors (Lipinski definition) is 4. The van der Waals surface area contributed by atoms with E-state index in [0.717, 1.165) is 55.6 Å². The molecule has 3 heterocycles. The molecule has 0 fully saturated rings. The van der Waals surface area contributed by atoms with Gasteiger partial charge in [-0.15, -0.1) is 10.2 Å². The van der Waals surface area contributed by atoms with Crippen LogP contribution >= 0.6 is 0 Å². The lowest BCUT2D eigenvalue weighted by molar-refractivity contribution is 0.267. The second-order valence-electron chi connectivity index (χ2n) is 6.08. The number of aryl methyl sites for hydroxylation is 1. The first-order valence-electron chi connectivity index (χ1n) is 7.70. The van der Waals surface area contributed by atoms with Crippen molar-refractivity contribution in [2.75, 3.05) is 13.1 Å². The molecule has 0 atom stereocenters. The molecule has 0 amide bonds. The van der Waals surface area contributed by atoms with Gasteiger partial charge in [0.2, 0.25) is 0 Å². The third kappa shape index (κ3) is 3.13. The monoisotopic (exact) mass is 285 g/mol. The fourth-order valence-electron chi connectivity index (χ4n) is 2.89. The molecule has 0 N–H and O–H groups in total. The Hall–Kier alpha value is -1.75. The van der Waals surface area contributed by atoms with Crippen LogP contribution < -0.4 is 0 Å². The Kier molecular flexibility index (Phi) is 4.01. The SMILES string of the molecule is Cc1cccc(CN2CCc3nnc(C(C)C)n3CC2)n1. The number of pyridine rings is 1. The number of fused-ring (bicyclic) bond motifs is 1. The van der Waals surface area contributed by atoms with Crippen LogP contribution in [0.3, 0.4) is 0 Å². The molecule has 0 aliphatic carbocycles. The van der Waals surface area contributed by atoms with Crippen molar-refractivity contribution < 1.29 is 0 Å². The van der Waals surface area contributed by atoms with Gasteiger partial charge in [0.25, 0.3) is 0 Å². The summed E-state index contributed by atoms with van der Waals surface area (Å²) in [6.45, 7) is 10.3. The zero-order valence-corrected chi connectivity index (χ0v) is 13.1. The van der Waals surface area contributed by atoms with Gasteiger partial charge in [-0.25, -0.2) is 0 Å². The molecular formula is C16H23N5. The fraction of sp³-hybridized carbons (Fsp3) is 0.562. The van der Waals surface area contributed by atoms with E-state index in [-0.39, 0.29) is 0 Å². The molecule has 5 heteroatoms. The van der Waals surface area contributed by atoms with Crippen molar-refractivity contribution in [3.63, 3.8) is 0 Å². The van der Waals surface area contributed by atoms with Crippen molar-refractivity contribution in [3.05, 3.63) is 41.2 Å². The van der Waals surface area contributed by atoms with Crippen LogP contribution in [0, 0.1) is 6.92 Å². The van der Waals surface area contributed by atoms with Gasteiger partial charge in [0.15, 0.2) is 0 Å². The van der Waals surface area contributed by atoms with Gasteiger partial charge in [0.1, 0.15) is 11.6 Å². The minimum Gasteiger partial charge on any atom is -0.313 e. The Morgan fingerprint density at radius 2 is 2.00 bits per heavy atom. The summed E-state index contributed by atoms with van der Waals surface area (Å²) >= 11 is 0. The van der Waals surface area contributed by atoms with Crippen LogP contribution in [-0.2, 0) is 19.5 Å². The molecule has 1 aliphatic heterocycles. The third-order valence-electron chi connectivity index (χ3n) is 4.00. The Balaban J connectivity index is 1.70. The Labute approximate surface area is 126 Å². The molecular weight excluding hydrogens is 262 g/mol. The molecule has 0 saturated heterocycles. The van der Waals surface area contributed by atoms with Crippen molar-refractivity contribution in [3.8, 4) is 0 Å². The van der Waals surface area contributed by atoms with Gasteiger partial charge >= 0.3 is 0 Å². The van der Waals surface area contributed by atoms with Crippen molar-refractivity contribution in [2.45, 2.75) is 46.2 Å². The molecule has 0 bridgehead atoms. The standard InChI is InChI=1S/C16H23N5/c1-12(2)16-19-18-15-7-8-20(9-10-21(15)16)11-14-6-4-5-13(3)17-14/h4-6,12H,7-11H2,1-3H3. The maximum absolute atomic E-state index is 4.60. The summed E-state index contributed by atoms with van der Waals surface area (Å²) in [6, 6.07) is 6.24. The van der Waals surface area contributed by atoms with Crippen molar-refractivity contribution in [1.29, 1.82) is 0 Å². The molecule has 0 aromatic carbocycles. The van der Waals surface area contributed by atoms with Crippen molar-refractivity contribution in [1.82, 2.24) is 24.6 Å². The molecule has 2 aromatic rings. The average molecular weight is 285 g/mol. The normalized spacial score (nSPS) is 16.0. The van der Waals surface area contributed by atoms with E-state index < -0.39 is 0 Å². The molecule has 0 spiro atoms. The smallest absolute Gasteiger partial charge is 0.135 e. The molecule has 5 nitrogen and oxygen atoms in total. The number of nitrogens with zero attached hydrogens (tertiary/aromatic N) is 5. The van der Waals surface area contributed by atoms with E-state index >= 15 is 0 Å². The molecule has 0 radical (unpaired) electrons. The first kappa shape index (κ1) is 14.2. The number of aromatic nitrogens is 4. The topological polar surface area (TPSA) is 46.8 Å². The highest BCUT2D eigenvalue weighted by molar-refractivity contribution is 5.10. The maximum Gasteiger partial charge on any atom is 0.135 e. The lowest BCUT2D eigenvalue weighted by Gasteiger charge is -2.19. The second-order valence-corrected chi connectivity index (χ2v) is 6.08. The zero-order chi connectivity index (χ0) is 14.8. The van der Waals surface area contributed by atoms with Gasteiger partial charge in [0.05, 0.1) is 5.69 Å². The molecule has 1 aliphatic rings. The van der Waals surface area contributed by atoms with Crippen LogP contribution in [0.1, 0.15) is 42.8 Å². The van der Waals surface area contributed by atoms with E-state index in [1.165, 1.54) is 0 Å². The van der Waals surface area contributed by atoms with Gasteiger partial charge in [-0.05, 0) is 19.1 Å². The molecule has 112 valence electrons. The summed E-state index contributed by atoms with van der Waals surface area (Å²) in [5.74, 6) is 2.66. The molecule has 0 saturated carbocycles. The van der Waals surface area contributed by atoms with Gasteiger partial charge in [-0.2, -0.15) is 0 Å². The van der Waals surface area contributed by atoms with Gasteiger partial charge in [0, 0.05) is 44.2 Å². The minimum absolute atomic E-state index is 0.427. The lowest BCUT2D eigenvalue weighted by Crippen LogP contribution is -2.27. The van der Waals surface area contributed by atoms with E-state index in [4.69, 9.17) is 0 Å². The predicted molar refractivity (Wildman–Crippen MR) is 82.1 cm³/mol. The van der Waals surface area contributed by atoms with Gasteiger partial charge in [-0.3, -0.25) is 9.88 Å². The van der Waals surface area contributed by atoms with Crippen LogP contribution in [0.25, 0.3) is 0 Å². The largest absolute Gasteiger partial charge is 0.313 e. The van der Waals surface area contributed by atoms with E-state index in [0.29, 0.717) is 5.92 Å². The highest BCUT2D eigenvalue weighted by atomic mass is 15.3. The van der Waals surface area contributed by atoms with Crippen molar-refractivity contribution in [2.24, 2.45) is 0 Å². The van der Waals surface area contributed by atoms with E-state index in [2.05, 4.69) is 50.6 Å². The minimum atomic E-state index is 0.427. The third-order valence-corrected chi connectivity index (χ3v) is 4.00. The fourth-order valence-corrected chi connectivity index (χ4v) is 2.89. The number of hydrogen-bond donors (Lipinski definition) is 0. The molecule has 0 unspecified atom stereocenters. The number of rotatable bonds is 3. The van der Waals surface area contributed by atoms with Crippen molar-refractivity contribution >= 4 is 0 Å². The van der Waals surface area contributed by atoms with Crippen LogP contribution in [-0.4, -0.2) is 37.7 Å². The summed E-state index contributed by atoms with van der Waals surface area (Å²) < 4.78 is 2.30. The Morgan fingerprint density at radius 3 is 2.76 bits per heavy atom. The molecule has 2 aromatic heterocycles. The Bertz CT molecular complexity index is 617. The average Bonchev–Trinajstić information content (AvgIpc) is 2.76. The van der Waals surface area contributed by atoms with Crippen LogP contribution in [0.4, 0.5) is 0 Å². The highest BCUT2D eigenvalue weighted by Crippen LogP contribution is 2.17. The van der Waals surface area contributed by atoms with E-state index in [9.17, 15) is 0 Å². The first-order chi connectivity index (χ1) is 10.1. The predicted octanol–water partition coefficient (Wildman–Crippen LogP) is 2.16.